The van der Waals surface area contributed by atoms with Crippen molar-refractivity contribution in [3.63, 3.8) is 0 Å². The van der Waals surface area contributed by atoms with Crippen molar-refractivity contribution >= 4 is 0 Å². The average Bonchev–Trinajstić information content (AvgIpc) is 2.71. The highest BCUT2D eigenvalue weighted by molar-refractivity contribution is 5.43. The Kier molecular flexibility index (Phi) is 2.86. The summed E-state index contributed by atoms with van der Waals surface area (Å²) in [4.78, 5) is 0. The molecule has 1 saturated carbocycles. The number of rotatable bonds is 2. The molecule has 0 saturated heterocycles. The Hall–Kier alpha value is -1.56. The first-order valence-corrected chi connectivity index (χ1v) is 5.16. The molecule has 0 amide bonds. The molecule has 0 aliphatic heterocycles. The lowest BCUT2D eigenvalue weighted by molar-refractivity contribution is 0.208. The Morgan fingerprint density at radius 3 is 2.73 bits per heavy atom. The van der Waals surface area contributed by atoms with Crippen LogP contribution < -0.4 is 4.74 Å². The van der Waals surface area contributed by atoms with Gasteiger partial charge in [0.15, 0.2) is 0 Å². The summed E-state index contributed by atoms with van der Waals surface area (Å²) in [5, 5.41) is 8.80. The molecule has 1 aromatic rings. The van der Waals surface area contributed by atoms with Crippen molar-refractivity contribution < 1.29 is 9.13 Å². The molecule has 0 bridgehead atoms. The summed E-state index contributed by atoms with van der Waals surface area (Å²) in [5.41, 5.74) is 0.0180. The molecule has 0 N–H and O–H groups in total. The third-order valence-electron chi connectivity index (χ3n) is 2.68. The first-order valence-electron chi connectivity index (χ1n) is 5.16. The zero-order valence-electron chi connectivity index (χ0n) is 8.37. The van der Waals surface area contributed by atoms with Crippen LogP contribution in [0.5, 0.6) is 5.75 Å². The van der Waals surface area contributed by atoms with Crippen LogP contribution in [-0.4, -0.2) is 6.10 Å². The first kappa shape index (κ1) is 9.97. The van der Waals surface area contributed by atoms with E-state index in [1.54, 1.807) is 12.1 Å². The third kappa shape index (κ3) is 2.10. The van der Waals surface area contributed by atoms with E-state index in [9.17, 15) is 4.39 Å². The lowest BCUT2D eigenvalue weighted by atomic mass is 10.2. The number of nitriles is 1. The highest BCUT2D eigenvalue weighted by atomic mass is 19.1. The number of hydrogen-bond acceptors (Lipinski definition) is 2. The Balaban J connectivity index is 2.20. The fourth-order valence-corrected chi connectivity index (χ4v) is 1.90. The molecule has 78 valence electrons. The summed E-state index contributed by atoms with van der Waals surface area (Å²) in [6.07, 6.45) is 4.46. The standard InChI is InChI=1S/C12H12FNO/c13-11-6-3-7-12(10(11)8-14)15-9-4-1-2-5-9/h3,6-7,9H,1-2,4-5H2. The van der Waals surface area contributed by atoms with Crippen LogP contribution in [0.1, 0.15) is 31.2 Å². The fourth-order valence-electron chi connectivity index (χ4n) is 1.90. The molecular formula is C12H12FNO. The van der Waals surface area contributed by atoms with Crippen molar-refractivity contribution in [1.29, 1.82) is 5.26 Å². The van der Waals surface area contributed by atoms with Crippen LogP contribution >= 0.6 is 0 Å². The molecule has 0 heterocycles. The fraction of sp³-hybridized carbons (Fsp3) is 0.417. The number of benzene rings is 1. The van der Waals surface area contributed by atoms with Crippen LogP contribution in [0.2, 0.25) is 0 Å². The Morgan fingerprint density at radius 1 is 1.33 bits per heavy atom. The summed E-state index contributed by atoms with van der Waals surface area (Å²) in [6, 6.07) is 6.34. The van der Waals surface area contributed by atoms with Gasteiger partial charge in [-0.2, -0.15) is 5.26 Å². The molecule has 15 heavy (non-hydrogen) atoms. The van der Waals surface area contributed by atoms with Crippen LogP contribution in [0.25, 0.3) is 0 Å². The maximum absolute atomic E-state index is 13.2. The molecule has 0 spiro atoms. The van der Waals surface area contributed by atoms with E-state index in [-0.39, 0.29) is 11.7 Å². The normalized spacial score (nSPS) is 16.3. The molecule has 1 aromatic carbocycles. The zero-order valence-corrected chi connectivity index (χ0v) is 8.37. The van der Waals surface area contributed by atoms with Crippen molar-refractivity contribution in [2.45, 2.75) is 31.8 Å². The van der Waals surface area contributed by atoms with Crippen molar-refractivity contribution in [3.8, 4) is 11.8 Å². The maximum Gasteiger partial charge on any atom is 0.144 e. The van der Waals surface area contributed by atoms with Gasteiger partial charge in [0.05, 0.1) is 6.10 Å². The van der Waals surface area contributed by atoms with Gasteiger partial charge in [0.25, 0.3) is 0 Å². The predicted octanol–water partition coefficient (Wildman–Crippen LogP) is 3.02. The highest BCUT2D eigenvalue weighted by Gasteiger charge is 2.18. The molecule has 2 nitrogen and oxygen atoms in total. The Labute approximate surface area is 88.3 Å². The summed E-state index contributed by atoms with van der Waals surface area (Å²) >= 11 is 0. The van der Waals surface area contributed by atoms with E-state index in [1.165, 1.54) is 6.07 Å². The molecule has 1 aliphatic rings. The van der Waals surface area contributed by atoms with Gasteiger partial charge in [-0.15, -0.1) is 0 Å². The van der Waals surface area contributed by atoms with Gasteiger partial charge in [0.1, 0.15) is 23.2 Å². The number of ether oxygens (including phenoxy) is 1. The number of hydrogen-bond donors (Lipinski definition) is 0. The Bertz CT molecular complexity index is 391. The minimum atomic E-state index is -0.506. The van der Waals surface area contributed by atoms with Crippen LogP contribution in [-0.2, 0) is 0 Å². The van der Waals surface area contributed by atoms with Gasteiger partial charge in [-0.1, -0.05) is 6.07 Å². The van der Waals surface area contributed by atoms with Gasteiger partial charge in [-0.05, 0) is 37.8 Å². The molecule has 1 fully saturated rings. The minimum Gasteiger partial charge on any atom is -0.489 e. The molecule has 3 heteroatoms. The van der Waals surface area contributed by atoms with E-state index in [2.05, 4.69) is 0 Å². The average molecular weight is 205 g/mol. The van der Waals surface area contributed by atoms with Gasteiger partial charge in [0.2, 0.25) is 0 Å². The van der Waals surface area contributed by atoms with Crippen LogP contribution in [0, 0.1) is 17.1 Å². The van der Waals surface area contributed by atoms with E-state index in [0.717, 1.165) is 25.7 Å². The summed E-state index contributed by atoms with van der Waals surface area (Å²) in [5.74, 6) is -0.127. The van der Waals surface area contributed by atoms with E-state index >= 15 is 0 Å². The smallest absolute Gasteiger partial charge is 0.144 e. The van der Waals surface area contributed by atoms with E-state index in [4.69, 9.17) is 10.00 Å². The molecule has 0 radical (unpaired) electrons. The SMILES string of the molecule is N#Cc1c(F)cccc1OC1CCCC1. The Morgan fingerprint density at radius 2 is 2.07 bits per heavy atom. The second-order valence-corrected chi connectivity index (χ2v) is 3.75. The summed E-state index contributed by atoms with van der Waals surface area (Å²) < 4.78 is 18.8. The van der Waals surface area contributed by atoms with Gasteiger partial charge < -0.3 is 4.74 Å². The van der Waals surface area contributed by atoms with Crippen molar-refractivity contribution in [3.05, 3.63) is 29.6 Å². The molecular weight excluding hydrogens is 193 g/mol. The predicted molar refractivity (Wildman–Crippen MR) is 54.0 cm³/mol. The highest BCUT2D eigenvalue weighted by Crippen LogP contribution is 2.27. The quantitative estimate of drug-likeness (QED) is 0.743. The van der Waals surface area contributed by atoms with E-state index < -0.39 is 5.82 Å². The molecule has 2 rings (SSSR count). The lowest BCUT2D eigenvalue weighted by Crippen LogP contribution is -2.12. The zero-order chi connectivity index (χ0) is 10.7. The minimum absolute atomic E-state index is 0.0180. The molecule has 0 unspecified atom stereocenters. The maximum atomic E-state index is 13.2. The topological polar surface area (TPSA) is 33.0 Å². The van der Waals surface area contributed by atoms with E-state index in [1.807, 2.05) is 6.07 Å². The number of nitrogens with zero attached hydrogens (tertiary/aromatic N) is 1. The first-order chi connectivity index (χ1) is 7.31. The third-order valence-corrected chi connectivity index (χ3v) is 2.68. The van der Waals surface area contributed by atoms with Crippen molar-refractivity contribution in [1.82, 2.24) is 0 Å². The molecule has 0 aromatic heterocycles. The van der Waals surface area contributed by atoms with Crippen molar-refractivity contribution in [2.24, 2.45) is 0 Å². The molecule has 0 atom stereocenters. The lowest BCUT2D eigenvalue weighted by Gasteiger charge is -2.13. The van der Waals surface area contributed by atoms with Crippen LogP contribution in [0.4, 0.5) is 4.39 Å². The van der Waals surface area contributed by atoms with Crippen molar-refractivity contribution in [2.75, 3.05) is 0 Å². The monoisotopic (exact) mass is 205 g/mol. The second kappa shape index (κ2) is 4.31. The van der Waals surface area contributed by atoms with Crippen LogP contribution in [0.3, 0.4) is 0 Å². The van der Waals surface area contributed by atoms with Gasteiger partial charge in [0, 0.05) is 0 Å². The molecule has 1 aliphatic carbocycles. The largest absolute Gasteiger partial charge is 0.489 e. The summed E-state index contributed by atoms with van der Waals surface area (Å²) in [7, 11) is 0. The van der Waals surface area contributed by atoms with Gasteiger partial charge in [-0.3, -0.25) is 0 Å². The summed E-state index contributed by atoms with van der Waals surface area (Å²) in [6.45, 7) is 0. The van der Waals surface area contributed by atoms with E-state index in [0.29, 0.717) is 5.75 Å². The van der Waals surface area contributed by atoms with Gasteiger partial charge >= 0.3 is 0 Å². The second-order valence-electron chi connectivity index (χ2n) is 3.75. The number of halogens is 1. The van der Waals surface area contributed by atoms with Gasteiger partial charge in [-0.25, -0.2) is 4.39 Å². The van der Waals surface area contributed by atoms with Crippen LogP contribution in [0.15, 0.2) is 18.2 Å².